The Kier molecular flexibility index (Phi) is 3.49. The fourth-order valence-electron chi connectivity index (χ4n) is 2.19. The van der Waals surface area contributed by atoms with Crippen LogP contribution in [0.25, 0.3) is 0 Å². The highest BCUT2D eigenvalue weighted by Gasteiger charge is 2.31. The monoisotopic (exact) mass is 261 g/mol. The Morgan fingerprint density at radius 3 is 2.88 bits per heavy atom. The molecule has 0 aliphatic carbocycles. The molecule has 0 bridgehead atoms. The standard InChI is InChI=1S/C10H16ClN3OS/c1-7-4-14(6-10(2,3)15-7)5-8-12-13-9(11)16-8/h7H,4-6H2,1-3H3. The van der Waals surface area contributed by atoms with E-state index in [1.807, 2.05) is 0 Å². The summed E-state index contributed by atoms with van der Waals surface area (Å²) in [5.74, 6) is 0. The van der Waals surface area contributed by atoms with Crippen molar-refractivity contribution in [1.29, 1.82) is 0 Å². The average Bonchev–Trinajstić information content (AvgIpc) is 2.46. The smallest absolute Gasteiger partial charge is 0.207 e. The van der Waals surface area contributed by atoms with E-state index in [1.54, 1.807) is 0 Å². The molecule has 1 unspecified atom stereocenters. The summed E-state index contributed by atoms with van der Waals surface area (Å²) in [6.45, 7) is 8.98. The largest absolute Gasteiger partial charge is 0.370 e. The number of aromatic nitrogens is 2. The van der Waals surface area contributed by atoms with Crippen molar-refractivity contribution >= 4 is 22.9 Å². The van der Waals surface area contributed by atoms with Crippen molar-refractivity contribution in [3.8, 4) is 0 Å². The number of hydrogen-bond acceptors (Lipinski definition) is 5. The highest BCUT2D eigenvalue weighted by molar-refractivity contribution is 7.15. The van der Waals surface area contributed by atoms with Gasteiger partial charge in [0.2, 0.25) is 4.47 Å². The van der Waals surface area contributed by atoms with Crippen molar-refractivity contribution in [1.82, 2.24) is 15.1 Å². The van der Waals surface area contributed by atoms with Crippen molar-refractivity contribution in [3.63, 3.8) is 0 Å². The van der Waals surface area contributed by atoms with Gasteiger partial charge in [0.25, 0.3) is 0 Å². The van der Waals surface area contributed by atoms with E-state index in [2.05, 4.69) is 35.9 Å². The van der Waals surface area contributed by atoms with Crippen LogP contribution in [0.2, 0.25) is 4.47 Å². The Morgan fingerprint density at radius 2 is 2.31 bits per heavy atom. The number of morpholine rings is 1. The molecule has 0 radical (unpaired) electrons. The molecule has 0 spiro atoms. The summed E-state index contributed by atoms with van der Waals surface area (Å²) < 4.78 is 6.36. The van der Waals surface area contributed by atoms with E-state index in [0.717, 1.165) is 24.6 Å². The minimum atomic E-state index is -0.0911. The van der Waals surface area contributed by atoms with Crippen LogP contribution in [0, 0.1) is 0 Å². The van der Waals surface area contributed by atoms with Gasteiger partial charge in [0, 0.05) is 13.1 Å². The summed E-state index contributed by atoms with van der Waals surface area (Å²) in [5, 5.41) is 8.82. The molecule has 6 heteroatoms. The molecular formula is C10H16ClN3OS. The van der Waals surface area contributed by atoms with Crippen molar-refractivity contribution in [3.05, 3.63) is 9.47 Å². The molecule has 1 fully saturated rings. The maximum atomic E-state index is 5.85. The molecule has 2 rings (SSSR count). The molecule has 0 N–H and O–H groups in total. The minimum Gasteiger partial charge on any atom is -0.370 e. The third-order valence-corrected chi connectivity index (χ3v) is 3.44. The maximum absolute atomic E-state index is 5.85. The molecule has 90 valence electrons. The first-order valence-electron chi connectivity index (χ1n) is 5.33. The van der Waals surface area contributed by atoms with Crippen LogP contribution in [-0.2, 0) is 11.3 Å². The lowest BCUT2D eigenvalue weighted by molar-refractivity contribution is -0.130. The third-order valence-electron chi connectivity index (χ3n) is 2.44. The SMILES string of the molecule is CC1CN(Cc2nnc(Cl)s2)CC(C)(C)O1. The predicted molar refractivity (Wildman–Crippen MR) is 64.8 cm³/mol. The summed E-state index contributed by atoms with van der Waals surface area (Å²) in [5.41, 5.74) is -0.0911. The van der Waals surface area contributed by atoms with Gasteiger partial charge in [-0.2, -0.15) is 0 Å². The van der Waals surface area contributed by atoms with Crippen molar-refractivity contribution < 1.29 is 4.74 Å². The molecule has 16 heavy (non-hydrogen) atoms. The molecule has 1 atom stereocenters. The zero-order valence-corrected chi connectivity index (χ0v) is 11.3. The molecule has 0 saturated carbocycles. The van der Waals surface area contributed by atoms with Crippen LogP contribution in [0.4, 0.5) is 0 Å². The number of nitrogens with zero attached hydrogens (tertiary/aromatic N) is 3. The van der Waals surface area contributed by atoms with Crippen LogP contribution in [0.3, 0.4) is 0 Å². The maximum Gasteiger partial charge on any atom is 0.207 e. The summed E-state index contributed by atoms with van der Waals surface area (Å²) in [7, 11) is 0. The molecular weight excluding hydrogens is 246 g/mol. The Labute approximate surface area is 105 Å². The summed E-state index contributed by atoms with van der Waals surface area (Å²) >= 11 is 7.21. The van der Waals surface area contributed by atoms with Gasteiger partial charge in [0.05, 0.1) is 18.2 Å². The van der Waals surface area contributed by atoms with E-state index in [9.17, 15) is 0 Å². The van der Waals surface area contributed by atoms with Gasteiger partial charge in [-0.25, -0.2) is 0 Å². The van der Waals surface area contributed by atoms with Crippen molar-refractivity contribution in [2.45, 2.75) is 39.0 Å². The van der Waals surface area contributed by atoms with Gasteiger partial charge in [-0.15, -0.1) is 10.2 Å². The molecule has 0 aromatic carbocycles. The highest BCUT2D eigenvalue weighted by Crippen LogP contribution is 2.23. The molecule has 1 aliphatic heterocycles. The lowest BCUT2D eigenvalue weighted by Gasteiger charge is -2.41. The first kappa shape index (κ1) is 12.2. The van der Waals surface area contributed by atoms with E-state index in [1.165, 1.54) is 11.3 Å². The number of rotatable bonds is 2. The molecule has 1 aromatic rings. The topological polar surface area (TPSA) is 38.2 Å². The van der Waals surface area contributed by atoms with E-state index in [-0.39, 0.29) is 11.7 Å². The highest BCUT2D eigenvalue weighted by atomic mass is 35.5. The van der Waals surface area contributed by atoms with E-state index >= 15 is 0 Å². The second-order valence-corrected chi connectivity index (χ2v) is 6.45. The zero-order chi connectivity index (χ0) is 11.8. The fourth-order valence-corrected chi connectivity index (χ4v) is 3.10. The number of ether oxygens (including phenoxy) is 1. The zero-order valence-electron chi connectivity index (χ0n) is 9.73. The molecule has 0 amide bonds. The quantitative estimate of drug-likeness (QED) is 0.818. The van der Waals surface area contributed by atoms with Crippen molar-refractivity contribution in [2.75, 3.05) is 13.1 Å². The normalized spacial score (nSPS) is 25.9. The molecule has 1 saturated heterocycles. The summed E-state index contributed by atoms with van der Waals surface area (Å²) in [4.78, 5) is 2.34. The summed E-state index contributed by atoms with van der Waals surface area (Å²) in [6.07, 6.45) is 0.257. The molecule has 1 aromatic heterocycles. The average molecular weight is 262 g/mol. The Bertz CT molecular complexity index is 369. The van der Waals surface area contributed by atoms with E-state index < -0.39 is 0 Å². The van der Waals surface area contributed by atoms with Crippen LogP contribution in [0.1, 0.15) is 25.8 Å². The molecule has 2 heterocycles. The first-order chi connectivity index (χ1) is 7.44. The first-order valence-corrected chi connectivity index (χ1v) is 6.52. The lowest BCUT2D eigenvalue weighted by atomic mass is 10.1. The molecule has 1 aliphatic rings. The van der Waals surface area contributed by atoms with Crippen molar-refractivity contribution in [2.24, 2.45) is 0 Å². The lowest BCUT2D eigenvalue weighted by Crippen LogP contribution is -2.51. The Balaban J connectivity index is 1.99. The number of hydrogen-bond donors (Lipinski definition) is 0. The van der Waals surface area contributed by atoms with Gasteiger partial charge >= 0.3 is 0 Å². The van der Waals surface area contributed by atoms with Crippen LogP contribution < -0.4 is 0 Å². The summed E-state index contributed by atoms with van der Waals surface area (Å²) in [6, 6.07) is 0. The van der Waals surface area contributed by atoms with Crippen LogP contribution >= 0.6 is 22.9 Å². The Morgan fingerprint density at radius 1 is 1.56 bits per heavy atom. The van der Waals surface area contributed by atoms with Crippen LogP contribution in [0.5, 0.6) is 0 Å². The van der Waals surface area contributed by atoms with E-state index in [0.29, 0.717) is 4.47 Å². The van der Waals surface area contributed by atoms with Gasteiger partial charge in [0.1, 0.15) is 5.01 Å². The van der Waals surface area contributed by atoms with Gasteiger partial charge < -0.3 is 4.74 Å². The third kappa shape index (κ3) is 3.13. The fraction of sp³-hybridized carbons (Fsp3) is 0.800. The van der Waals surface area contributed by atoms with Crippen LogP contribution in [0.15, 0.2) is 0 Å². The molecule has 4 nitrogen and oxygen atoms in total. The van der Waals surface area contributed by atoms with Gasteiger partial charge in [-0.3, -0.25) is 4.90 Å². The predicted octanol–water partition coefficient (Wildman–Crippen LogP) is 2.19. The van der Waals surface area contributed by atoms with Gasteiger partial charge in [-0.05, 0) is 32.4 Å². The van der Waals surface area contributed by atoms with E-state index in [4.69, 9.17) is 16.3 Å². The number of halogens is 1. The second-order valence-electron chi connectivity index (χ2n) is 4.81. The second kappa shape index (κ2) is 4.56. The minimum absolute atomic E-state index is 0.0911. The van der Waals surface area contributed by atoms with Gasteiger partial charge in [-0.1, -0.05) is 11.3 Å². The van der Waals surface area contributed by atoms with Crippen LogP contribution in [-0.4, -0.2) is 39.9 Å². The van der Waals surface area contributed by atoms with Gasteiger partial charge in [0.15, 0.2) is 0 Å². The Hall–Kier alpha value is -0.230.